The molecule has 0 aliphatic carbocycles. The summed E-state index contributed by atoms with van der Waals surface area (Å²) in [6.45, 7) is 2.16. The van der Waals surface area contributed by atoms with Gasteiger partial charge >= 0.3 is 0 Å². The zero-order valence-corrected chi connectivity index (χ0v) is 28.0. The molecule has 0 amide bonds. The highest BCUT2D eigenvalue weighted by Crippen LogP contribution is 2.37. The Morgan fingerprint density at radius 1 is 0.600 bits per heavy atom. The Bertz CT molecular complexity index is 1120. The highest BCUT2D eigenvalue weighted by atomic mass is 79.9. The first-order valence-electron chi connectivity index (χ1n) is 11.5. The van der Waals surface area contributed by atoms with Gasteiger partial charge in [-0.1, -0.05) is 66.7 Å². The molecule has 0 saturated heterocycles. The lowest BCUT2D eigenvalue weighted by atomic mass is 10.3. The summed E-state index contributed by atoms with van der Waals surface area (Å²) in [6, 6.07) is 13.0. The molecule has 0 atom stereocenters. The van der Waals surface area contributed by atoms with Crippen LogP contribution in [0.3, 0.4) is 0 Å². The average Bonchev–Trinajstić information content (AvgIpc) is 2.96. The maximum absolute atomic E-state index is 8.77. The van der Waals surface area contributed by atoms with Gasteiger partial charge in [-0.2, -0.15) is 0 Å². The zero-order chi connectivity index (χ0) is 29.9. The van der Waals surface area contributed by atoms with Gasteiger partial charge in [0.2, 0.25) is 0 Å². The Balaban J connectivity index is 0.000000267. The molecule has 0 aromatic heterocycles. The second-order valence-corrected chi connectivity index (χ2v) is 10.9. The molecule has 8 nitrogen and oxygen atoms in total. The molecule has 0 spiro atoms. The Labute approximate surface area is 273 Å². The highest BCUT2D eigenvalue weighted by molar-refractivity contribution is 9.12. The second kappa shape index (κ2) is 21.4. The molecule has 222 valence electrons. The van der Waals surface area contributed by atoms with Gasteiger partial charge < -0.3 is 39.4 Å². The predicted molar refractivity (Wildman–Crippen MR) is 169 cm³/mol. The molecule has 2 heterocycles. The third-order valence-electron chi connectivity index (χ3n) is 4.20. The molecular weight excluding hydrogens is 786 g/mol. The summed E-state index contributed by atoms with van der Waals surface area (Å²) in [5, 5.41) is 36.6. The van der Waals surface area contributed by atoms with E-state index in [1.54, 1.807) is 18.2 Å². The fraction of sp³-hybridized carbons (Fsp3) is 0.308. The van der Waals surface area contributed by atoms with E-state index < -0.39 is 0 Å². The van der Waals surface area contributed by atoms with E-state index in [4.69, 9.17) is 74.2 Å². The molecule has 4 N–H and O–H groups in total. The first-order chi connectivity index (χ1) is 19.2. The molecule has 2 aliphatic rings. The van der Waals surface area contributed by atoms with Crippen LogP contribution in [0.15, 0.2) is 53.0 Å². The van der Waals surface area contributed by atoms with Crippen molar-refractivity contribution in [3.8, 4) is 34.5 Å². The van der Waals surface area contributed by atoms with Gasteiger partial charge in [0.15, 0.2) is 34.5 Å². The monoisotopic (exact) mass is 810 g/mol. The molecule has 5 rings (SSSR count). The van der Waals surface area contributed by atoms with Gasteiger partial charge in [-0.15, -0.1) is 0 Å². The Hall–Kier alpha value is -1.31. The third-order valence-corrected chi connectivity index (χ3v) is 7.72. The number of phenolic OH excluding ortho intramolecular Hbond substituents is 2. The van der Waals surface area contributed by atoms with Gasteiger partial charge in [0, 0.05) is 43.4 Å². The number of fused-ring (bicyclic) bond motifs is 2. The molecule has 0 saturated carbocycles. The van der Waals surface area contributed by atoms with E-state index in [-0.39, 0.29) is 24.7 Å². The van der Waals surface area contributed by atoms with E-state index in [9.17, 15) is 0 Å². The van der Waals surface area contributed by atoms with Crippen molar-refractivity contribution >= 4 is 82.6 Å². The van der Waals surface area contributed by atoms with Crippen LogP contribution in [0.25, 0.3) is 0 Å². The molecule has 0 radical (unpaired) electrons. The summed E-state index contributed by atoms with van der Waals surface area (Å²) < 4.78 is 22.1. The molecular formula is C26H28Br3Cl3O8. The van der Waals surface area contributed by atoms with E-state index in [0.717, 1.165) is 38.1 Å². The van der Waals surface area contributed by atoms with Crippen molar-refractivity contribution in [3.63, 3.8) is 0 Å². The van der Waals surface area contributed by atoms with Crippen molar-refractivity contribution in [1.29, 1.82) is 0 Å². The molecule has 2 aliphatic heterocycles. The highest BCUT2D eigenvalue weighted by Gasteiger charge is 2.13. The summed E-state index contributed by atoms with van der Waals surface area (Å²) in [6.07, 6.45) is 0. The summed E-state index contributed by atoms with van der Waals surface area (Å²) in [5.41, 5.74) is 0. The van der Waals surface area contributed by atoms with E-state index in [0.29, 0.717) is 41.5 Å². The SMILES string of the molecule is BrCCBr.Clc1cc2c(cc1Br)OCCO2.Clc1ccc2c(c1)OCCO2.OCCO.Oc1ccc(Cl)cc1O. The van der Waals surface area contributed by atoms with Crippen LogP contribution in [0.2, 0.25) is 15.1 Å². The van der Waals surface area contributed by atoms with Gasteiger partial charge in [0.1, 0.15) is 26.4 Å². The normalized spacial score (nSPS) is 12.0. The lowest BCUT2D eigenvalue weighted by molar-refractivity contribution is 0.171. The zero-order valence-electron chi connectivity index (χ0n) is 21.0. The van der Waals surface area contributed by atoms with Crippen molar-refractivity contribution < 1.29 is 39.4 Å². The van der Waals surface area contributed by atoms with Crippen molar-refractivity contribution in [1.82, 2.24) is 0 Å². The minimum absolute atomic E-state index is 0.125. The van der Waals surface area contributed by atoms with Crippen LogP contribution in [0.4, 0.5) is 0 Å². The van der Waals surface area contributed by atoms with E-state index in [2.05, 4.69) is 47.8 Å². The van der Waals surface area contributed by atoms with Gasteiger partial charge in [0.25, 0.3) is 0 Å². The van der Waals surface area contributed by atoms with Crippen molar-refractivity contribution in [2.24, 2.45) is 0 Å². The van der Waals surface area contributed by atoms with Crippen LogP contribution in [-0.2, 0) is 0 Å². The number of hydrogen-bond acceptors (Lipinski definition) is 8. The van der Waals surface area contributed by atoms with Gasteiger partial charge in [0.05, 0.1) is 18.2 Å². The van der Waals surface area contributed by atoms with Crippen LogP contribution >= 0.6 is 82.6 Å². The molecule has 40 heavy (non-hydrogen) atoms. The number of aliphatic hydroxyl groups excluding tert-OH is 2. The molecule has 0 fully saturated rings. The lowest BCUT2D eigenvalue weighted by Crippen LogP contribution is -2.15. The van der Waals surface area contributed by atoms with E-state index in [1.165, 1.54) is 18.2 Å². The van der Waals surface area contributed by atoms with E-state index in [1.807, 2.05) is 12.1 Å². The summed E-state index contributed by atoms with van der Waals surface area (Å²) >= 11 is 26.8. The van der Waals surface area contributed by atoms with Crippen LogP contribution in [0.1, 0.15) is 0 Å². The number of phenols is 2. The minimum Gasteiger partial charge on any atom is -0.504 e. The quantitative estimate of drug-likeness (QED) is 0.156. The average molecular weight is 815 g/mol. The number of benzene rings is 3. The van der Waals surface area contributed by atoms with Gasteiger partial charge in [-0.3, -0.25) is 0 Å². The van der Waals surface area contributed by atoms with Gasteiger partial charge in [-0.25, -0.2) is 0 Å². The standard InChI is InChI=1S/C8H6BrClO2.C8H7ClO2.C6H5ClO2.C2H4Br2.C2H6O2/c9-5-3-7-8(4-6(5)10)12-2-1-11-7;9-6-1-2-7-8(5-6)11-4-3-10-7;7-4-1-2-5(8)6(9)3-4;2*3-1-2-4/h3-4H,1-2H2;1-2,5H,3-4H2;1-3,8-9H;1-2H2;3-4H,1-2H2. The number of hydrogen-bond donors (Lipinski definition) is 4. The third kappa shape index (κ3) is 14.5. The summed E-state index contributed by atoms with van der Waals surface area (Å²) in [5.74, 6) is 2.64. The molecule has 3 aromatic rings. The summed E-state index contributed by atoms with van der Waals surface area (Å²) in [7, 11) is 0. The van der Waals surface area contributed by atoms with Crippen LogP contribution in [0.5, 0.6) is 34.5 Å². The minimum atomic E-state index is -0.192. The van der Waals surface area contributed by atoms with E-state index >= 15 is 0 Å². The lowest BCUT2D eigenvalue weighted by Gasteiger charge is -2.18. The molecule has 3 aromatic carbocycles. The Kier molecular flexibility index (Phi) is 19.6. The molecule has 0 bridgehead atoms. The number of rotatable bonds is 2. The Morgan fingerprint density at radius 3 is 1.52 bits per heavy atom. The summed E-state index contributed by atoms with van der Waals surface area (Å²) in [4.78, 5) is 0. The largest absolute Gasteiger partial charge is 0.504 e. The predicted octanol–water partition coefficient (Wildman–Crippen LogP) is 7.48. The number of aliphatic hydroxyl groups is 2. The molecule has 14 heteroatoms. The number of halogens is 6. The van der Waals surface area contributed by atoms with Crippen molar-refractivity contribution in [2.75, 3.05) is 50.3 Å². The fourth-order valence-electron chi connectivity index (χ4n) is 2.55. The topological polar surface area (TPSA) is 118 Å². The number of ether oxygens (including phenoxy) is 4. The maximum Gasteiger partial charge on any atom is 0.162 e. The van der Waals surface area contributed by atoms with Crippen LogP contribution < -0.4 is 18.9 Å². The number of aromatic hydroxyl groups is 2. The first kappa shape index (κ1) is 36.7. The number of alkyl halides is 2. The van der Waals surface area contributed by atoms with Gasteiger partial charge in [-0.05, 0) is 46.3 Å². The molecule has 0 unspecified atom stereocenters. The fourth-order valence-corrected chi connectivity index (χ4v) is 3.36. The smallest absolute Gasteiger partial charge is 0.162 e. The maximum atomic E-state index is 8.77. The van der Waals surface area contributed by atoms with Crippen LogP contribution in [0, 0.1) is 0 Å². The van der Waals surface area contributed by atoms with Crippen LogP contribution in [-0.4, -0.2) is 70.7 Å². The first-order valence-corrected chi connectivity index (χ1v) is 15.6. The van der Waals surface area contributed by atoms with Crippen molar-refractivity contribution in [3.05, 3.63) is 68.1 Å². The van der Waals surface area contributed by atoms with Crippen molar-refractivity contribution in [2.45, 2.75) is 0 Å². The Morgan fingerprint density at radius 2 is 1.05 bits per heavy atom. The second-order valence-electron chi connectivity index (χ2n) is 7.16.